The molecule has 10 heteroatoms. The van der Waals surface area contributed by atoms with Crippen molar-refractivity contribution in [3.63, 3.8) is 0 Å². The standard InChI is InChI=1S/C21H21FN6O3/c1-26-9-6-24-20(26)14-2-3-19(17(22)10-14)31-13-15-12-25-28(18(15)11-23)16-4-7-27(8-5-16)21(29)30/h2-3,6,9-10,12,16H,4-5,7-8,13H2,1H3,(H,29,30). The number of carbonyl (C=O) groups is 1. The van der Waals surface area contributed by atoms with Gasteiger partial charge in [-0.1, -0.05) is 0 Å². The van der Waals surface area contributed by atoms with Crippen LogP contribution in [0.5, 0.6) is 5.75 Å². The second kappa shape index (κ2) is 8.47. The molecule has 2 aromatic heterocycles. The number of aryl methyl sites for hydroxylation is 1. The number of rotatable bonds is 5. The fourth-order valence-electron chi connectivity index (χ4n) is 3.76. The van der Waals surface area contributed by atoms with Gasteiger partial charge in [-0.3, -0.25) is 4.68 Å². The van der Waals surface area contributed by atoms with E-state index in [9.17, 15) is 14.4 Å². The average molecular weight is 424 g/mol. The van der Waals surface area contributed by atoms with E-state index >= 15 is 0 Å². The van der Waals surface area contributed by atoms with Crippen LogP contribution in [-0.4, -0.2) is 48.5 Å². The zero-order valence-electron chi connectivity index (χ0n) is 16.9. The molecule has 0 spiro atoms. The summed E-state index contributed by atoms with van der Waals surface area (Å²) < 4.78 is 23.6. The summed E-state index contributed by atoms with van der Waals surface area (Å²) in [6, 6.07) is 6.71. The Kier molecular flexibility index (Phi) is 5.58. The van der Waals surface area contributed by atoms with Crippen LogP contribution in [-0.2, 0) is 13.7 Å². The van der Waals surface area contributed by atoms with E-state index in [1.165, 1.54) is 17.0 Å². The summed E-state index contributed by atoms with van der Waals surface area (Å²) in [5.41, 5.74) is 1.53. The van der Waals surface area contributed by atoms with Crippen LogP contribution in [0.1, 0.15) is 30.1 Å². The van der Waals surface area contributed by atoms with Gasteiger partial charge in [0.15, 0.2) is 11.6 Å². The van der Waals surface area contributed by atoms with Crippen molar-refractivity contribution in [1.82, 2.24) is 24.2 Å². The lowest BCUT2D eigenvalue weighted by Gasteiger charge is -2.30. The number of halogens is 1. The summed E-state index contributed by atoms with van der Waals surface area (Å²) in [6.07, 6.45) is 5.18. The fraction of sp³-hybridized carbons (Fsp3) is 0.333. The second-order valence-corrected chi connectivity index (χ2v) is 7.37. The molecular weight excluding hydrogens is 403 g/mol. The Morgan fingerprint density at radius 2 is 2.16 bits per heavy atom. The minimum atomic E-state index is -0.940. The lowest BCUT2D eigenvalue weighted by molar-refractivity contribution is 0.123. The molecule has 1 amide bonds. The van der Waals surface area contributed by atoms with Crippen molar-refractivity contribution >= 4 is 6.09 Å². The van der Waals surface area contributed by atoms with Crippen LogP contribution in [0.4, 0.5) is 9.18 Å². The number of benzene rings is 1. The first kappa shape index (κ1) is 20.4. The van der Waals surface area contributed by atoms with Crippen molar-refractivity contribution in [3.05, 3.63) is 53.9 Å². The van der Waals surface area contributed by atoms with E-state index in [0.717, 1.165) is 0 Å². The number of aromatic nitrogens is 4. The highest BCUT2D eigenvalue weighted by molar-refractivity contribution is 5.65. The molecule has 9 nitrogen and oxygen atoms in total. The predicted octanol–water partition coefficient (Wildman–Crippen LogP) is 3.19. The Labute approximate surface area is 177 Å². The second-order valence-electron chi connectivity index (χ2n) is 7.37. The number of hydrogen-bond donors (Lipinski definition) is 1. The maximum Gasteiger partial charge on any atom is 0.407 e. The van der Waals surface area contributed by atoms with Gasteiger partial charge in [-0.2, -0.15) is 10.4 Å². The summed E-state index contributed by atoms with van der Waals surface area (Å²) in [7, 11) is 1.83. The number of hydrogen-bond acceptors (Lipinski definition) is 5. The molecule has 0 aliphatic carbocycles. The molecule has 0 bridgehead atoms. The first-order valence-electron chi connectivity index (χ1n) is 9.82. The molecule has 3 heterocycles. The van der Waals surface area contributed by atoms with Gasteiger partial charge in [-0.25, -0.2) is 14.2 Å². The molecule has 0 radical (unpaired) electrons. The van der Waals surface area contributed by atoms with E-state index in [2.05, 4.69) is 16.2 Å². The van der Waals surface area contributed by atoms with Crippen LogP contribution >= 0.6 is 0 Å². The Hall–Kier alpha value is -3.87. The summed E-state index contributed by atoms with van der Waals surface area (Å²) in [5, 5.41) is 23.0. The molecule has 3 aromatic rings. The van der Waals surface area contributed by atoms with Gasteiger partial charge in [0.05, 0.1) is 12.2 Å². The summed E-state index contributed by atoms with van der Waals surface area (Å²) in [6.45, 7) is 0.782. The van der Waals surface area contributed by atoms with Crippen LogP contribution in [0.15, 0.2) is 36.8 Å². The van der Waals surface area contributed by atoms with E-state index in [1.807, 2.05) is 7.05 Å². The molecule has 1 fully saturated rings. The van der Waals surface area contributed by atoms with Gasteiger partial charge < -0.3 is 19.3 Å². The van der Waals surface area contributed by atoms with E-state index in [1.54, 1.807) is 33.9 Å². The highest BCUT2D eigenvalue weighted by Crippen LogP contribution is 2.27. The lowest BCUT2D eigenvalue weighted by Crippen LogP contribution is -2.38. The van der Waals surface area contributed by atoms with E-state index in [-0.39, 0.29) is 18.4 Å². The molecular formula is C21H21FN6O3. The quantitative estimate of drug-likeness (QED) is 0.674. The number of nitriles is 1. The Bertz CT molecular complexity index is 1140. The molecule has 4 rings (SSSR count). The minimum Gasteiger partial charge on any atom is -0.486 e. The van der Waals surface area contributed by atoms with Gasteiger partial charge in [0.25, 0.3) is 0 Å². The largest absolute Gasteiger partial charge is 0.486 e. The molecule has 1 saturated heterocycles. The maximum atomic E-state index is 14.6. The van der Waals surface area contributed by atoms with Gasteiger partial charge in [-0.15, -0.1) is 0 Å². The van der Waals surface area contributed by atoms with Crippen LogP contribution in [0.25, 0.3) is 11.4 Å². The summed E-state index contributed by atoms with van der Waals surface area (Å²) in [4.78, 5) is 16.6. The third kappa shape index (κ3) is 4.07. The van der Waals surface area contributed by atoms with Gasteiger partial charge in [0.1, 0.15) is 24.2 Å². The smallest absolute Gasteiger partial charge is 0.407 e. The molecule has 0 atom stereocenters. The van der Waals surface area contributed by atoms with Crippen LogP contribution in [0.3, 0.4) is 0 Å². The van der Waals surface area contributed by atoms with Gasteiger partial charge in [0.2, 0.25) is 0 Å². The number of imidazole rings is 1. The number of nitrogens with zero attached hydrogens (tertiary/aromatic N) is 6. The van der Waals surface area contributed by atoms with Crippen molar-refractivity contribution in [1.29, 1.82) is 5.26 Å². The monoisotopic (exact) mass is 424 g/mol. The van der Waals surface area contributed by atoms with Crippen molar-refractivity contribution in [2.24, 2.45) is 7.05 Å². The third-order valence-corrected chi connectivity index (χ3v) is 5.45. The highest BCUT2D eigenvalue weighted by Gasteiger charge is 2.26. The molecule has 0 saturated carbocycles. The zero-order valence-corrected chi connectivity index (χ0v) is 16.9. The first-order chi connectivity index (χ1) is 15.0. The van der Waals surface area contributed by atoms with Crippen molar-refractivity contribution in [2.45, 2.75) is 25.5 Å². The number of carboxylic acid groups (broad SMARTS) is 1. The maximum absolute atomic E-state index is 14.6. The molecule has 0 unspecified atom stereocenters. The minimum absolute atomic E-state index is 0.00443. The van der Waals surface area contributed by atoms with Crippen LogP contribution in [0, 0.1) is 17.1 Å². The van der Waals surface area contributed by atoms with E-state index in [4.69, 9.17) is 9.84 Å². The van der Waals surface area contributed by atoms with Crippen molar-refractivity contribution in [3.8, 4) is 23.2 Å². The molecule has 31 heavy (non-hydrogen) atoms. The van der Waals surface area contributed by atoms with Crippen LogP contribution < -0.4 is 4.74 Å². The molecule has 1 N–H and O–H groups in total. The predicted molar refractivity (Wildman–Crippen MR) is 108 cm³/mol. The first-order valence-corrected chi connectivity index (χ1v) is 9.82. The summed E-state index contributed by atoms with van der Waals surface area (Å²) in [5.74, 6) is 0.198. The molecule has 1 aliphatic heterocycles. The summed E-state index contributed by atoms with van der Waals surface area (Å²) >= 11 is 0. The topological polar surface area (TPSA) is 109 Å². The Morgan fingerprint density at radius 1 is 1.39 bits per heavy atom. The fourth-order valence-corrected chi connectivity index (χ4v) is 3.76. The molecule has 160 valence electrons. The van der Waals surface area contributed by atoms with Gasteiger partial charge in [0, 0.05) is 43.7 Å². The van der Waals surface area contributed by atoms with E-state index in [0.29, 0.717) is 48.6 Å². The normalized spacial score (nSPS) is 14.4. The number of likely N-dealkylation sites (tertiary alicyclic amines) is 1. The zero-order chi connectivity index (χ0) is 22.0. The molecule has 1 aromatic carbocycles. The van der Waals surface area contributed by atoms with E-state index < -0.39 is 11.9 Å². The van der Waals surface area contributed by atoms with Crippen LogP contribution in [0.2, 0.25) is 0 Å². The average Bonchev–Trinajstić information content (AvgIpc) is 3.38. The van der Waals surface area contributed by atoms with Gasteiger partial charge in [-0.05, 0) is 31.0 Å². The van der Waals surface area contributed by atoms with Crippen molar-refractivity contribution in [2.75, 3.05) is 13.1 Å². The number of amides is 1. The lowest BCUT2D eigenvalue weighted by atomic mass is 10.1. The SMILES string of the molecule is Cn1ccnc1-c1ccc(OCc2cnn(C3CCN(C(=O)O)CC3)c2C#N)c(F)c1. The van der Waals surface area contributed by atoms with Crippen molar-refractivity contribution < 1.29 is 19.0 Å². The van der Waals surface area contributed by atoms with Gasteiger partial charge >= 0.3 is 6.09 Å². The number of ether oxygens (including phenoxy) is 1. The third-order valence-electron chi connectivity index (χ3n) is 5.45. The number of piperidine rings is 1. The Balaban J connectivity index is 1.45. The Morgan fingerprint density at radius 3 is 2.77 bits per heavy atom. The highest BCUT2D eigenvalue weighted by atomic mass is 19.1. The molecule has 1 aliphatic rings.